The fourth-order valence-electron chi connectivity index (χ4n) is 8.11. The van der Waals surface area contributed by atoms with E-state index in [9.17, 15) is 19.5 Å². The molecule has 494 valence electrons. The van der Waals surface area contributed by atoms with Crippen LogP contribution in [0.4, 0.5) is 0 Å². The van der Waals surface area contributed by atoms with Gasteiger partial charge in [-0.3, -0.25) is 9.59 Å². The molecule has 0 N–H and O–H groups in total. The molecule has 0 rings (SSSR count). The van der Waals surface area contributed by atoms with Crippen LogP contribution in [-0.2, 0) is 33.3 Å². The zero-order chi connectivity index (χ0) is 64.7. The van der Waals surface area contributed by atoms with Gasteiger partial charge in [0.05, 0.1) is 40.3 Å². The van der Waals surface area contributed by atoms with E-state index in [-0.39, 0.29) is 32.7 Å². The second-order valence-electron chi connectivity index (χ2n) is 22.6. The number of unbranched alkanes of at least 4 members (excludes halogenated alkanes) is 8. The zero-order valence-corrected chi connectivity index (χ0v) is 56.2. The van der Waals surface area contributed by atoms with Gasteiger partial charge in [0.15, 0.2) is 12.4 Å². The molecule has 0 aliphatic carbocycles. The molecule has 0 aromatic carbocycles. The first-order chi connectivity index (χ1) is 43.6. The third-order valence-electron chi connectivity index (χ3n) is 13.2. The van der Waals surface area contributed by atoms with Crippen molar-refractivity contribution < 1.29 is 42.9 Å². The Labute approximate surface area is 543 Å². The van der Waals surface area contributed by atoms with E-state index in [0.717, 1.165) is 167 Å². The molecular formula is C80H121NO8. The highest BCUT2D eigenvalue weighted by Gasteiger charge is 2.22. The minimum absolute atomic E-state index is 0.123. The van der Waals surface area contributed by atoms with E-state index in [4.69, 9.17) is 18.9 Å². The van der Waals surface area contributed by atoms with Crippen LogP contribution in [0, 0.1) is 0 Å². The van der Waals surface area contributed by atoms with Crippen molar-refractivity contribution in [2.75, 3.05) is 47.5 Å². The second kappa shape index (κ2) is 67.5. The van der Waals surface area contributed by atoms with Crippen molar-refractivity contribution in [3.8, 4) is 0 Å². The van der Waals surface area contributed by atoms with Crippen molar-refractivity contribution >= 4 is 17.9 Å². The fourth-order valence-corrected chi connectivity index (χ4v) is 8.11. The molecule has 0 aliphatic rings. The number of allylic oxidation sites excluding steroid dienone is 36. The summed E-state index contributed by atoms with van der Waals surface area (Å²) in [5.74, 6) is -2.40. The number of hydrogen-bond acceptors (Lipinski definition) is 8. The third-order valence-corrected chi connectivity index (χ3v) is 13.2. The molecule has 0 saturated heterocycles. The maximum Gasteiger partial charge on any atom is 0.306 e. The van der Waals surface area contributed by atoms with Gasteiger partial charge in [-0.15, -0.1) is 0 Å². The standard InChI is InChI=1S/C80H121NO8/c1-6-8-10-12-14-16-18-20-22-24-26-28-30-32-34-36-38-39-41-43-45-47-49-51-53-55-57-59-61-63-65-67-69-71-78(83)89-76(75-88-80(79(84)85)86-73-72-81(3,4)5)74-87-77(82)70-68-66-64-62-60-58-56-54-52-50-48-46-44-42-40-37-35-33-31-29-27-25-23-21-19-17-15-13-11-9-7-2/h8-11,14-17,20-23,26-29,32-35,38-40,42-43,45-46,48-49,51-52,54-55,57,61,63,76,80H,6-7,12-13,18-19,24-25,30-31,36-37,41,44,47,50,53,56,58-60,62,64-75H2,1-5H3/b10-8-,11-9-,16-14-,17-15-,22-20-,23-21-,28-26-,29-27-,34-32-,35-33-,39-38-,42-40-,45-43-,48-46-,51-49-,54-52-,57-55-,63-61-. The topological polar surface area (TPSA) is 111 Å². The van der Waals surface area contributed by atoms with Crippen LogP contribution < -0.4 is 5.11 Å². The molecule has 0 saturated carbocycles. The fraction of sp³-hybridized carbons (Fsp3) is 0.512. The van der Waals surface area contributed by atoms with Gasteiger partial charge in [0.1, 0.15) is 13.2 Å². The predicted molar refractivity (Wildman–Crippen MR) is 379 cm³/mol. The van der Waals surface area contributed by atoms with Crippen molar-refractivity contribution in [2.24, 2.45) is 0 Å². The number of esters is 2. The van der Waals surface area contributed by atoms with Gasteiger partial charge in [-0.2, -0.15) is 0 Å². The highest BCUT2D eigenvalue weighted by molar-refractivity contribution is 5.70. The average molecular weight is 1220 g/mol. The Morgan fingerprint density at radius 3 is 0.921 bits per heavy atom. The lowest BCUT2D eigenvalue weighted by molar-refractivity contribution is -0.870. The van der Waals surface area contributed by atoms with Crippen LogP contribution in [0.1, 0.15) is 206 Å². The average Bonchev–Trinajstić information content (AvgIpc) is 3.64. The van der Waals surface area contributed by atoms with E-state index in [2.05, 4.69) is 233 Å². The Balaban J connectivity index is 4.37. The highest BCUT2D eigenvalue weighted by Crippen LogP contribution is 2.12. The van der Waals surface area contributed by atoms with E-state index >= 15 is 0 Å². The Hall–Kier alpha value is -6.39. The molecule has 0 bridgehead atoms. The predicted octanol–water partition coefficient (Wildman–Crippen LogP) is 20.0. The molecule has 0 radical (unpaired) electrons. The van der Waals surface area contributed by atoms with Crippen LogP contribution in [0.15, 0.2) is 219 Å². The molecule has 89 heavy (non-hydrogen) atoms. The largest absolute Gasteiger partial charge is 0.545 e. The lowest BCUT2D eigenvalue weighted by atomic mass is 10.1. The van der Waals surface area contributed by atoms with Gasteiger partial charge in [-0.05, 0) is 154 Å². The lowest BCUT2D eigenvalue weighted by Gasteiger charge is -2.26. The summed E-state index contributed by atoms with van der Waals surface area (Å²) in [5, 5.41) is 11.8. The van der Waals surface area contributed by atoms with E-state index in [1.807, 2.05) is 21.1 Å². The van der Waals surface area contributed by atoms with E-state index in [1.54, 1.807) is 0 Å². The second-order valence-corrected chi connectivity index (χ2v) is 22.6. The van der Waals surface area contributed by atoms with Crippen molar-refractivity contribution in [2.45, 2.75) is 219 Å². The maximum absolute atomic E-state index is 12.9. The Morgan fingerprint density at radius 1 is 0.337 bits per heavy atom. The van der Waals surface area contributed by atoms with Gasteiger partial charge in [-0.1, -0.05) is 258 Å². The Kier molecular flexibility index (Phi) is 62.7. The Morgan fingerprint density at radius 2 is 0.607 bits per heavy atom. The van der Waals surface area contributed by atoms with Crippen molar-refractivity contribution in [1.82, 2.24) is 0 Å². The van der Waals surface area contributed by atoms with Crippen molar-refractivity contribution in [3.63, 3.8) is 0 Å². The van der Waals surface area contributed by atoms with Gasteiger partial charge in [0.25, 0.3) is 0 Å². The van der Waals surface area contributed by atoms with E-state index in [0.29, 0.717) is 23.9 Å². The number of carbonyl (C=O) groups is 3. The van der Waals surface area contributed by atoms with Crippen LogP contribution in [-0.4, -0.2) is 82.3 Å². The molecule has 0 fully saturated rings. The maximum atomic E-state index is 12.9. The minimum atomic E-state index is -1.65. The molecule has 0 amide bonds. The molecule has 0 aliphatic heterocycles. The van der Waals surface area contributed by atoms with Gasteiger partial charge < -0.3 is 33.3 Å². The van der Waals surface area contributed by atoms with E-state index in [1.165, 1.54) is 0 Å². The van der Waals surface area contributed by atoms with Crippen LogP contribution in [0.5, 0.6) is 0 Å². The van der Waals surface area contributed by atoms with Gasteiger partial charge in [-0.25, -0.2) is 0 Å². The molecule has 9 nitrogen and oxygen atoms in total. The molecule has 2 unspecified atom stereocenters. The lowest BCUT2D eigenvalue weighted by Crippen LogP contribution is -2.44. The minimum Gasteiger partial charge on any atom is -0.545 e. The molecular weight excluding hydrogens is 1100 g/mol. The summed E-state index contributed by atoms with van der Waals surface area (Å²) >= 11 is 0. The first-order valence-electron chi connectivity index (χ1n) is 33.9. The summed E-state index contributed by atoms with van der Waals surface area (Å²) in [4.78, 5) is 37.5. The highest BCUT2D eigenvalue weighted by atomic mass is 16.7. The smallest absolute Gasteiger partial charge is 0.306 e. The van der Waals surface area contributed by atoms with Gasteiger partial charge in [0.2, 0.25) is 0 Å². The van der Waals surface area contributed by atoms with Gasteiger partial charge >= 0.3 is 11.9 Å². The summed E-state index contributed by atoms with van der Waals surface area (Å²) in [5.41, 5.74) is 0. The molecule has 0 spiro atoms. The molecule has 2 atom stereocenters. The number of quaternary nitrogens is 1. The summed E-state index contributed by atoms with van der Waals surface area (Å²) in [6, 6.07) is 0. The first kappa shape index (κ1) is 82.6. The first-order valence-corrected chi connectivity index (χ1v) is 33.9. The molecule has 0 heterocycles. The number of aliphatic carboxylic acids is 1. The number of ether oxygens (including phenoxy) is 4. The SMILES string of the molecule is CC/C=C\C/C=C\C/C=C\C/C=C\C/C=C\C/C=C\C/C=C\C/C=C\C/C=C\C/C=C\CCCCC(=O)OC(COC(=O)CCCCCCCC/C=C\C/C=C\C/C=C\C/C=C\C/C=C\C/C=C\C/C=C\C/C=C\CC)COC(OCC[N+](C)(C)C)C(=O)[O-]. The summed E-state index contributed by atoms with van der Waals surface area (Å²) in [6.45, 7) is 4.41. The van der Waals surface area contributed by atoms with E-state index < -0.39 is 30.3 Å². The number of nitrogens with zero attached hydrogens (tertiary/aromatic N) is 1. The number of hydrogen-bond donors (Lipinski definition) is 0. The number of carboxylic acids is 1. The quantitative estimate of drug-likeness (QED) is 0.0195. The van der Waals surface area contributed by atoms with Crippen molar-refractivity contribution in [3.05, 3.63) is 219 Å². The monoisotopic (exact) mass is 1220 g/mol. The van der Waals surface area contributed by atoms with Crippen molar-refractivity contribution in [1.29, 1.82) is 0 Å². The Bertz CT molecular complexity index is 2260. The number of carbonyl (C=O) groups excluding carboxylic acids is 3. The van der Waals surface area contributed by atoms with Crippen LogP contribution in [0.25, 0.3) is 0 Å². The van der Waals surface area contributed by atoms with Gasteiger partial charge in [0, 0.05) is 12.8 Å². The summed E-state index contributed by atoms with van der Waals surface area (Å²) in [7, 11) is 5.89. The number of rotatable bonds is 59. The van der Waals surface area contributed by atoms with Crippen LogP contribution >= 0.6 is 0 Å². The molecule has 0 aromatic heterocycles. The normalized spacial score (nSPS) is 14.1. The van der Waals surface area contributed by atoms with Crippen LogP contribution in [0.3, 0.4) is 0 Å². The number of carboxylic acid groups (broad SMARTS) is 1. The summed E-state index contributed by atoms with van der Waals surface area (Å²) in [6.07, 6.45) is 104. The van der Waals surface area contributed by atoms with Crippen LogP contribution in [0.2, 0.25) is 0 Å². The third kappa shape index (κ3) is 69.0. The molecule has 0 aromatic rings. The summed E-state index contributed by atoms with van der Waals surface area (Å²) < 4.78 is 22.7. The number of likely N-dealkylation sites (N-methyl/N-ethyl adjacent to an activating group) is 1. The molecule has 9 heteroatoms. The zero-order valence-electron chi connectivity index (χ0n) is 56.2.